The van der Waals surface area contributed by atoms with E-state index in [-0.39, 0.29) is 12.2 Å². The van der Waals surface area contributed by atoms with Crippen LogP contribution in [0.25, 0.3) is 0 Å². The SMILES string of the molecule is N#Cc1cc(Cn2cc(C(F)(F)F)cn2)ccn1. The van der Waals surface area contributed by atoms with Gasteiger partial charge in [0.15, 0.2) is 0 Å². The van der Waals surface area contributed by atoms with Crippen LogP contribution in [0.5, 0.6) is 0 Å². The summed E-state index contributed by atoms with van der Waals surface area (Å²) in [6.45, 7) is 0.160. The van der Waals surface area contributed by atoms with Crippen LogP contribution in [-0.4, -0.2) is 14.8 Å². The quantitative estimate of drug-likeness (QED) is 0.823. The van der Waals surface area contributed by atoms with E-state index < -0.39 is 11.7 Å². The highest BCUT2D eigenvalue weighted by atomic mass is 19.4. The fourth-order valence-electron chi connectivity index (χ4n) is 1.42. The Kier molecular flexibility index (Phi) is 3.02. The first-order valence-electron chi connectivity index (χ1n) is 4.94. The lowest BCUT2D eigenvalue weighted by atomic mass is 10.2. The van der Waals surface area contributed by atoms with Crippen LogP contribution in [0.15, 0.2) is 30.7 Å². The van der Waals surface area contributed by atoms with Gasteiger partial charge in [0.05, 0.1) is 18.3 Å². The number of alkyl halides is 3. The highest BCUT2D eigenvalue weighted by Crippen LogP contribution is 2.28. The Morgan fingerprint density at radius 3 is 2.78 bits per heavy atom. The second-order valence-corrected chi connectivity index (χ2v) is 3.59. The van der Waals surface area contributed by atoms with Gasteiger partial charge in [-0.15, -0.1) is 0 Å². The molecule has 92 valence electrons. The zero-order chi connectivity index (χ0) is 13.2. The van der Waals surface area contributed by atoms with E-state index in [1.807, 2.05) is 6.07 Å². The monoisotopic (exact) mass is 252 g/mol. The van der Waals surface area contributed by atoms with Crippen molar-refractivity contribution in [2.75, 3.05) is 0 Å². The molecule has 18 heavy (non-hydrogen) atoms. The second kappa shape index (κ2) is 4.49. The number of nitriles is 1. The molecular formula is C11H7F3N4. The maximum Gasteiger partial charge on any atom is 0.419 e. The standard InChI is InChI=1S/C11H7F3N4/c12-11(13,14)9-5-17-18(7-9)6-8-1-2-16-10(3-8)4-15/h1-3,5,7H,6H2. The van der Waals surface area contributed by atoms with Crippen LogP contribution in [-0.2, 0) is 12.7 Å². The number of halogens is 3. The molecule has 0 aliphatic carbocycles. The minimum absolute atomic E-state index is 0.160. The molecule has 2 aromatic rings. The summed E-state index contributed by atoms with van der Waals surface area (Å²) in [6, 6.07) is 4.99. The van der Waals surface area contributed by atoms with Crippen molar-refractivity contribution in [2.45, 2.75) is 12.7 Å². The summed E-state index contributed by atoms with van der Waals surface area (Å²) < 4.78 is 38.2. The minimum Gasteiger partial charge on any atom is -0.268 e. The third kappa shape index (κ3) is 2.66. The summed E-state index contributed by atoms with van der Waals surface area (Å²) in [4.78, 5) is 3.77. The van der Waals surface area contributed by atoms with Crippen LogP contribution in [0, 0.1) is 11.3 Å². The van der Waals surface area contributed by atoms with Gasteiger partial charge in [-0.25, -0.2) is 4.98 Å². The molecule has 2 aromatic heterocycles. The molecule has 0 saturated heterocycles. The average molecular weight is 252 g/mol. The molecule has 0 saturated carbocycles. The van der Waals surface area contributed by atoms with Gasteiger partial charge in [0, 0.05) is 12.4 Å². The third-order valence-corrected chi connectivity index (χ3v) is 2.24. The summed E-state index contributed by atoms with van der Waals surface area (Å²) >= 11 is 0. The smallest absolute Gasteiger partial charge is 0.268 e. The van der Waals surface area contributed by atoms with E-state index >= 15 is 0 Å². The van der Waals surface area contributed by atoms with Crippen LogP contribution in [0.1, 0.15) is 16.8 Å². The number of rotatable bonds is 2. The maximum atomic E-state index is 12.4. The molecule has 4 nitrogen and oxygen atoms in total. The number of hydrogen-bond donors (Lipinski definition) is 0. The lowest BCUT2D eigenvalue weighted by molar-refractivity contribution is -0.137. The topological polar surface area (TPSA) is 54.5 Å². The molecule has 0 aromatic carbocycles. The normalized spacial score (nSPS) is 11.2. The van der Waals surface area contributed by atoms with Gasteiger partial charge in [-0.05, 0) is 17.7 Å². The Morgan fingerprint density at radius 2 is 2.17 bits per heavy atom. The molecule has 0 fully saturated rings. The Morgan fingerprint density at radius 1 is 1.39 bits per heavy atom. The molecule has 0 amide bonds. The van der Waals surface area contributed by atoms with Crippen LogP contribution in [0.3, 0.4) is 0 Å². The van der Waals surface area contributed by atoms with Gasteiger partial charge in [-0.2, -0.15) is 23.5 Å². The molecule has 0 atom stereocenters. The largest absolute Gasteiger partial charge is 0.419 e. The summed E-state index contributed by atoms with van der Waals surface area (Å²) in [5.41, 5.74) is 0.0890. The highest BCUT2D eigenvalue weighted by molar-refractivity contribution is 5.25. The van der Waals surface area contributed by atoms with E-state index in [0.29, 0.717) is 5.56 Å². The zero-order valence-electron chi connectivity index (χ0n) is 9.02. The molecule has 0 aliphatic heterocycles. The van der Waals surface area contributed by atoms with Crippen molar-refractivity contribution in [3.63, 3.8) is 0 Å². The summed E-state index contributed by atoms with van der Waals surface area (Å²) in [7, 11) is 0. The first kappa shape index (κ1) is 12.1. The molecule has 2 heterocycles. The third-order valence-electron chi connectivity index (χ3n) is 2.24. The van der Waals surface area contributed by atoms with Crippen LogP contribution in [0.4, 0.5) is 13.2 Å². The summed E-state index contributed by atoms with van der Waals surface area (Å²) in [6.07, 6.45) is -1.27. The van der Waals surface area contributed by atoms with Crippen molar-refractivity contribution in [1.29, 1.82) is 5.26 Å². The Bertz CT molecular complexity index is 595. The van der Waals surface area contributed by atoms with Gasteiger partial charge < -0.3 is 0 Å². The van der Waals surface area contributed by atoms with Crippen molar-refractivity contribution in [2.24, 2.45) is 0 Å². The predicted octanol–water partition coefficient (Wildman–Crippen LogP) is 2.22. The number of aromatic nitrogens is 3. The number of nitrogens with zero attached hydrogens (tertiary/aromatic N) is 4. The number of hydrogen-bond acceptors (Lipinski definition) is 3. The van der Waals surface area contributed by atoms with Gasteiger partial charge in [-0.1, -0.05) is 0 Å². The van der Waals surface area contributed by atoms with Crippen LogP contribution in [0.2, 0.25) is 0 Å². The van der Waals surface area contributed by atoms with Crippen molar-refractivity contribution < 1.29 is 13.2 Å². The Balaban J connectivity index is 2.19. The molecule has 0 N–H and O–H groups in total. The van der Waals surface area contributed by atoms with E-state index in [4.69, 9.17) is 5.26 Å². The van der Waals surface area contributed by atoms with Gasteiger partial charge in [-0.3, -0.25) is 4.68 Å². The summed E-state index contributed by atoms with van der Waals surface area (Å²) in [5.74, 6) is 0. The predicted molar refractivity (Wildman–Crippen MR) is 55.3 cm³/mol. The molecule has 7 heteroatoms. The lowest BCUT2D eigenvalue weighted by Crippen LogP contribution is -2.04. The highest BCUT2D eigenvalue weighted by Gasteiger charge is 2.32. The molecule has 0 bridgehead atoms. The zero-order valence-corrected chi connectivity index (χ0v) is 9.02. The van der Waals surface area contributed by atoms with E-state index in [2.05, 4.69) is 10.1 Å². The molecule has 0 unspecified atom stereocenters. The lowest BCUT2D eigenvalue weighted by Gasteiger charge is -2.02. The first-order valence-corrected chi connectivity index (χ1v) is 4.94. The van der Waals surface area contributed by atoms with Crippen molar-refractivity contribution >= 4 is 0 Å². The minimum atomic E-state index is -4.39. The van der Waals surface area contributed by atoms with Crippen molar-refractivity contribution in [3.8, 4) is 6.07 Å². The molecular weight excluding hydrogens is 245 g/mol. The van der Waals surface area contributed by atoms with Crippen LogP contribution < -0.4 is 0 Å². The first-order chi connectivity index (χ1) is 8.49. The van der Waals surface area contributed by atoms with Crippen LogP contribution >= 0.6 is 0 Å². The van der Waals surface area contributed by atoms with Gasteiger partial charge in [0.25, 0.3) is 0 Å². The fraction of sp³-hybridized carbons (Fsp3) is 0.182. The van der Waals surface area contributed by atoms with Gasteiger partial charge in [0.2, 0.25) is 0 Å². The second-order valence-electron chi connectivity index (χ2n) is 3.59. The molecule has 0 aliphatic rings. The molecule has 0 radical (unpaired) electrons. The maximum absolute atomic E-state index is 12.4. The van der Waals surface area contributed by atoms with Crippen molar-refractivity contribution in [3.05, 3.63) is 47.5 Å². The number of pyridine rings is 1. The Hall–Kier alpha value is -2.36. The van der Waals surface area contributed by atoms with Gasteiger partial charge in [0.1, 0.15) is 11.8 Å². The summed E-state index contributed by atoms with van der Waals surface area (Å²) in [5, 5.41) is 12.3. The fourth-order valence-corrected chi connectivity index (χ4v) is 1.42. The average Bonchev–Trinajstić information content (AvgIpc) is 2.77. The van der Waals surface area contributed by atoms with E-state index in [1.54, 1.807) is 6.07 Å². The molecule has 0 spiro atoms. The van der Waals surface area contributed by atoms with E-state index in [9.17, 15) is 13.2 Å². The molecule has 2 rings (SSSR count). The van der Waals surface area contributed by atoms with Gasteiger partial charge >= 0.3 is 6.18 Å². The Labute approximate surface area is 100 Å². The van der Waals surface area contributed by atoms with E-state index in [0.717, 1.165) is 12.4 Å². The van der Waals surface area contributed by atoms with Crippen molar-refractivity contribution in [1.82, 2.24) is 14.8 Å². The van der Waals surface area contributed by atoms with E-state index in [1.165, 1.54) is 16.9 Å².